The number of likely N-dealkylation sites (tertiary alicyclic amines) is 1. The Morgan fingerprint density at radius 1 is 1.24 bits per heavy atom. The second-order valence-corrected chi connectivity index (χ2v) is 6.29. The number of carbonyl (C=O) groups is 1. The van der Waals surface area contributed by atoms with Crippen molar-refractivity contribution in [2.75, 3.05) is 13.1 Å². The largest absolute Gasteiger partial charge is 0.338 e. The molecule has 1 aromatic rings. The number of nitrogens with zero attached hydrogens (tertiary/aromatic N) is 1. The maximum absolute atomic E-state index is 12.4. The van der Waals surface area contributed by atoms with E-state index >= 15 is 0 Å². The van der Waals surface area contributed by atoms with Crippen LogP contribution in [-0.4, -0.2) is 36.0 Å². The molecule has 0 bridgehead atoms. The van der Waals surface area contributed by atoms with Crippen molar-refractivity contribution in [2.24, 2.45) is 0 Å². The maximum Gasteiger partial charge on any atom is 0.222 e. The van der Waals surface area contributed by atoms with E-state index < -0.39 is 0 Å². The number of carbonyl (C=O) groups excluding carboxylic acids is 1. The lowest BCUT2D eigenvalue weighted by atomic mass is 9.80. The fourth-order valence-electron chi connectivity index (χ4n) is 4.06. The normalized spacial score (nSPS) is 29.6. The molecule has 0 aromatic heterocycles. The average Bonchev–Trinajstić information content (AvgIpc) is 2.77. The molecule has 1 amide bonds. The zero-order chi connectivity index (χ0) is 14.7. The van der Waals surface area contributed by atoms with Crippen LogP contribution < -0.4 is 5.32 Å². The fraction of sp³-hybridized carbons (Fsp3) is 0.611. The van der Waals surface area contributed by atoms with Crippen molar-refractivity contribution < 1.29 is 4.79 Å². The average molecular weight is 286 g/mol. The zero-order valence-electron chi connectivity index (χ0n) is 12.9. The Kier molecular flexibility index (Phi) is 4.59. The molecule has 114 valence electrons. The van der Waals surface area contributed by atoms with Crippen molar-refractivity contribution in [1.29, 1.82) is 0 Å². The highest BCUT2D eigenvalue weighted by Crippen LogP contribution is 2.35. The first-order chi connectivity index (χ1) is 10.3. The molecule has 3 atom stereocenters. The smallest absolute Gasteiger partial charge is 0.222 e. The summed E-state index contributed by atoms with van der Waals surface area (Å²) in [4.78, 5) is 14.6. The summed E-state index contributed by atoms with van der Waals surface area (Å²) in [5.74, 6) is 0.794. The predicted octanol–water partition coefficient (Wildman–Crippen LogP) is 2.92. The monoisotopic (exact) mass is 286 g/mol. The van der Waals surface area contributed by atoms with E-state index in [2.05, 4.69) is 40.5 Å². The highest BCUT2D eigenvalue weighted by Gasteiger charge is 2.40. The molecule has 3 nitrogen and oxygen atoms in total. The van der Waals surface area contributed by atoms with E-state index in [0.29, 0.717) is 30.3 Å². The molecule has 1 N–H and O–H groups in total. The van der Waals surface area contributed by atoms with Crippen LogP contribution in [0, 0.1) is 0 Å². The first-order valence-corrected chi connectivity index (χ1v) is 8.39. The van der Waals surface area contributed by atoms with Crippen LogP contribution in [-0.2, 0) is 4.79 Å². The van der Waals surface area contributed by atoms with Gasteiger partial charge in [-0.2, -0.15) is 0 Å². The third-order valence-corrected chi connectivity index (χ3v) is 5.06. The lowest BCUT2D eigenvalue weighted by Crippen LogP contribution is -2.57. The first-order valence-electron chi connectivity index (χ1n) is 8.39. The van der Waals surface area contributed by atoms with Gasteiger partial charge in [0.25, 0.3) is 0 Å². The molecule has 21 heavy (non-hydrogen) atoms. The third-order valence-electron chi connectivity index (χ3n) is 5.06. The van der Waals surface area contributed by atoms with Crippen LogP contribution in [0.2, 0.25) is 0 Å². The van der Waals surface area contributed by atoms with Gasteiger partial charge in [0.1, 0.15) is 0 Å². The number of benzene rings is 1. The molecule has 2 aliphatic heterocycles. The summed E-state index contributed by atoms with van der Waals surface area (Å²) in [6.07, 6.45) is 5.30. The van der Waals surface area contributed by atoms with Gasteiger partial charge in [0.05, 0.1) is 6.04 Å². The van der Waals surface area contributed by atoms with Crippen molar-refractivity contribution in [3.8, 4) is 0 Å². The lowest BCUT2D eigenvalue weighted by molar-refractivity contribution is -0.134. The molecule has 0 spiro atoms. The van der Waals surface area contributed by atoms with Gasteiger partial charge < -0.3 is 10.2 Å². The van der Waals surface area contributed by atoms with Gasteiger partial charge in [0, 0.05) is 24.9 Å². The number of hydrogen-bond donors (Lipinski definition) is 1. The number of amides is 1. The SMILES string of the molecule is CCC(=O)N1CCCC[C@H]2NCC[C@H](c3ccccc3)[C@H]21. The highest BCUT2D eigenvalue weighted by molar-refractivity contribution is 5.76. The molecule has 0 saturated carbocycles. The molecule has 0 aliphatic carbocycles. The summed E-state index contributed by atoms with van der Waals surface area (Å²) in [6.45, 7) is 3.98. The van der Waals surface area contributed by atoms with E-state index in [-0.39, 0.29) is 0 Å². The summed E-state index contributed by atoms with van der Waals surface area (Å²) in [5, 5.41) is 3.68. The van der Waals surface area contributed by atoms with Crippen molar-refractivity contribution in [3.63, 3.8) is 0 Å². The van der Waals surface area contributed by atoms with Crippen LogP contribution in [0.5, 0.6) is 0 Å². The van der Waals surface area contributed by atoms with E-state index in [9.17, 15) is 4.79 Å². The minimum atomic E-state index is 0.316. The standard InChI is InChI=1S/C18H26N2O/c1-2-17(21)20-13-7-6-10-16-18(20)15(11-12-19-16)14-8-4-3-5-9-14/h3-5,8-9,15-16,18-19H,2,6-7,10-13H2,1H3/t15-,16-,18-/m1/s1. The van der Waals surface area contributed by atoms with Gasteiger partial charge in [0.15, 0.2) is 0 Å². The van der Waals surface area contributed by atoms with Gasteiger partial charge in [-0.1, -0.05) is 43.7 Å². The number of nitrogens with one attached hydrogen (secondary N) is 1. The highest BCUT2D eigenvalue weighted by atomic mass is 16.2. The summed E-state index contributed by atoms with van der Waals surface area (Å²) in [7, 11) is 0. The summed E-state index contributed by atoms with van der Waals surface area (Å²) in [5.41, 5.74) is 1.39. The molecule has 3 heteroatoms. The molecular formula is C18H26N2O. The quantitative estimate of drug-likeness (QED) is 0.906. The molecular weight excluding hydrogens is 260 g/mol. The second-order valence-electron chi connectivity index (χ2n) is 6.29. The molecule has 1 aromatic carbocycles. The van der Waals surface area contributed by atoms with Crippen LogP contribution >= 0.6 is 0 Å². The predicted molar refractivity (Wildman–Crippen MR) is 85.2 cm³/mol. The minimum absolute atomic E-state index is 0.316. The van der Waals surface area contributed by atoms with E-state index in [4.69, 9.17) is 0 Å². The minimum Gasteiger partial charge on any atom is -0.338 e. The fourth-order valence-corrected chi connectivity index (χ4v) is 4.06. The van der Waals surface area contributed by atoms with Crippen LogP contribution in [0.25, 0.3) is 0 Å². The maximum atomic E-state index is 12.4. The Morgan fingerprint density at radius 3 is 2.81 bits per heavy atom. The van der Waals surface area contributed by atoms with Gasteiger partial charge in [-0.3, -0.25) is 4.79 Å². The van der Waals surface area contributed by atoms with Crippen LogP contribution in [0.15, 0.2) is 30.3 Å². The van der Waals surface area contributed by atoms with Crippen molar-refractivity contribution in [2.45, 2.75) is 57.0 Å². The summed E-state index contributed by atoms with van der Waals surface area (Å²) < 4.78 is 0. The number of fused-ring (bicyclic) bond motifs is 1. The van der Waals surface area contributed by atoms with E-state index in [1.54, 1.807) is 0 Å². The molecule has 3 rings (SSSR count). The molecule has 0 unspecified atom stereocenters. The third kappa shape index (κ3) is 2.98. The van der Waals surface area contributed by atoms with Crippen molar-refractivity contribution >= 4 is 5.91 Å². The second kappa shape index (κ2) is 6.61. The van der Waals surface area contributed by atoms with E-state index in [0.717, 1.165) is 25.9 Å². The number of rotatable bonds is 2. The number of hydrogen-bond acceptors (Lipinski definition) is 2. The van der Waals surface area contributed by atoms with Gasteiger partial charge in [-0.25, -0.2) is 0 Å². The Hall–Kier alpha value is -1.35. The van der Waals surface area contributed by atoms with Crippen LogP contribution in [0.3, 0.4) is 0 Å². The number of piperidine rings is 1. The molecule has 2 heterocycles. The summed E-state index contributed by atoms with van der Waals surface area (Å²) in [6, 6.07) is 11.6. The lowest BCUT2D eigenvalue weighted by Gasteiger charge is -2.44. The Bertz CT molecular complexity index is 473. The molecule has 0 radical (unpaired) electrons. The molecule has 2 saturated heterocycles. The zero-order valence-corrected chi connectivity index (χ0v) is 12.9. The van der Waals surface area contributed by atoms with Crippen LogP contribution in [0.4, 0.5) is 0 Å². The topological polar surface area (TPSA) is 32.3 Å². The van der Waals surface area contributed by atoms with Gasteiger partial charge in [-0.15, -0.1) is 0 Å². The van der Waals surface area contributed by atoms with Gasteiger partial charge >= 0.3 is 0 Å². The first kappa shape index (κ1) is 14.6. The molecule has 2 aliphatic rings. The Labute approximate surface area is 127 Å². The van der Waals surface area contributed by atoms with Crippen molar-refractivity contribution in [3.05, 3.63) is 35.9 Å². The van der Waals surface area contributed by atoms with E-state index in [1.807, 2.05) is 6.92 Å². The summed E-state index contributed by atoms with van der Waals surface area (Å²) >= 11 is 0. The Balaban J connectivity index is 1.93. The van der Waals surface area contributed by atoms with Gasteiger partial charge in [-0.05, 0) is 31.4 Å². The molecule has 2 fully saturated rings. The van der Waals surface area contributed by atoms with Crippen LogP contribution in [0.1, 0.15) is 50.5 Å². The Morgan fingerprint density at radius 2 is 2.05 bits per heavy atom. The van der Waals surface area contributed by atoms with Gasteiger partial charge in [0.2, 0.25) is 5.91 Å². The van der Waals surface area contributed by atoms with E-state index in [1.165, 1.54) is 18.4 Å². The van der Waals surface area contributed by atoms with Crippen molar-refractivity contribution in [1.82, 2.24) is 10.2 Å².